The molecule has 1 heterocycles. The fraction of sp³-hybridized carbons (Fsp3) is 0.750. The van der Waals surface area contributed by atoms with Crippen LogP contribution in [0.15, 0.2) is 30.3 Å². The molecule has 1 saturated heterocycles. The highest BCUT2D eigenvalue weighted by atomic mass is 127. The lowest BCUT2D eigenvalue weighted by molar-refractivity contribution is 0.180. The molecule has 1 fully saturated rings. The molecule has 1 aliphatic rings. The summed E-state index contributed by atoms with van der Waals surface area (Å²) in [6, 6.07) is 0.368. The first-order valence-electron chi connectivity index (χ1n) is 9.56. The Hall–Kier alpha value is -0.600. The van der Waals surface area contributed by atoms with E-state index in [1.165, 1.54) is 0 Å². The van der Waals surface area contributed by atoms with Crippen LogP contribution in [0.2, 0.25) is 0 Å². The number of hydrogen-bond donors (Lipinski definition) is 1. The summed E-state index contributed by atoms with van der Waals surface area (Å²) < 4.78 is 5.50. The number of rotatable bonds is 11. The molecule has 5 nitrogen and oxygen atoms in total. The third-order valence-corrected chi connectivity index (χ3v) is 4.65. The van der Waals surface area contributed by atoms with E-state index in [1.54, 1.807) is 0 Å². The number of halogens is 1. The van der Waals surface area contributed by atoms with E-state index in [1.807, 2.05) is 12.2 Å². The summed E-state index contributed by atoms with van der Waals surface area (Å²) in [6.45, 7) is 20.5. The smallest absolute Gasteiger partial charge is 0.193 e. The molecule has 0 saturated carbocycles. The first-order chi connectivity index (χ1) is 12.0. The second-order valence-corrected chi connectivity index (χ2v) is 7.15. The standard InChI is InChI=1S/C20H38N4O.HI/c1-7-11-24(12-8-2)19(17(4)5)14-22-20(21-9-3)23(6)15-18-10-13-25-16-18;/h7-8,17-19H,1-2,9-16H2,3-6H3,(H,21,22);1H. The fourth-order valence-corrected chi connectivity index (χ4v) is 3.28. The average molecular weight is 478 g/mol. The summed E-state index contributed by atoms with van der Waals surface area (Å²) in [5, 5.41) is 3.43. The predicted octanol–water partition coefficient (Wildman–Crippen LogP) is 3.24. The van der Waals surface area contributed by atoms with E-state index in [2.05, 4.69) is 56.1 Å². The molecule has 1 N–H and O–H groups in total. The topological polar surface area (TPSA) is 40.1 Å². The van der Waals surface area contributed by atoms with Crippen molar-refractivity contribution in [3.63, 3.8) is 0 Å². The summed E-state index contributed by atoms with van der Waals surface area (Å²) in [5.74, 6) is 2.10. The lowest BCUT2D eigenvalue weighted by Crippen LogP contribution is -2.45. The van der Waals surface area contributed by atoms with Crippen molar-refractivity contribution in [3.05, 3.63) is 25.3 Å². The van der Waals surface area contributed by atoms with Crippen LogP contribution in [0.4, 0.5) is 0 Å². The van der Waals surface area contributed by atoms with Gasteiger partial charge in [0.05, 0.1) is 13.2 Å². The van der Waals surface area contributed by atoms with Gasteiger partial charge in [-0.3, -0.25) is 9.89 Å². The van der Waals surface area contributed by atoms with Gasteiger partial charge in [-0.1, -0.05) is 26.0 Å². The molecule has 1 aliphatic heterocycles. The van der Waals surface area contributed by atoms with Crippen molar-refractivity contribution in [3.8, 4) is 0 Å². The number of nitrogens with zero attached hydrogens (tertiary/aromatic N) is 3. The van der Waals surface area contributed by atoms with E-state index in [0.29, 0.717) is 17.9 Å². The van der Waals surface area contributed by atoms with Crippen molar-refractivity contribution in [2.45, 2.75) is 33.2 Å². The molecular formula is C20H39IN4O. The molecule has 0 spiro atoms. The van der Waals surface area contributed by atoms with Gasteiger partial charge in [0.1, 0.15) is 0 Å². The quantitative estimate of drug-likeness (QED) is 0.214. The molecular weight excluding hydrogens is 439 g/mol. The maximum atomic E-state index is 5.50. The first kappa shape index (κ1) is 25.4. The van der Waals surface area contributed by atoms with Gasteiger partial charge in [-0.15, -0.1) is 37.1 Å². The molecule has 0 aromatic carbocycles. The third-order valence-electron chi connectivity index (χ3n) is 4.65. The molecule has 0 radical (unpaired) electrons. The van der Waals surface area contributed by atoms with Crippen LogP contribution in [-0.2, 0) is 4.74 Å². The van der Waals surface area contributed by atoms with Crippen molar-refractivity contribution in [1.82, 2.24) is 15.1 Å². The Bertz CT molecular complexity index is 412. The maximum Gasteiger partial charge on any atom is 0.193 e. The van der Waals surface area contributed by atoms with E-state index < -0.39 is 0 Å². The van der Waals surface area contributed by atoms with E-state index in [9.17, 15) is 0 Å². The number of aliphatic imine (C=N–C) groups is 1. The van der Waals surface area contributed by atoms with Crippen LogP contribution in [0.25, 0.3) is 0 Å². The van der Waals surface area contributed by atoms with Crippen LogP contribution in [0.3, 0.4) is 0 Å². The van der Waals surface area contributed by atoms with E-state index in [4.69, 9.17) is 9.73 Å². The lowest BCUT2D eigenvalue weighted by atomic mass is 10.0. The minimum atomic E-state index is 0. The van der Waals surface area contributed by atoms with Gasteiger partial charge < -0.3 is 15.0 Å². The van der Waals surface area contributed by atoms with Gasteiger partial charge in [-0.05, 0) is 19.3 Å². The zero-order chi connectivity index (χ0) is 18.7. The Kier molecular flexibility index (Phi) is 14.1. The van der Waals surface area contributed by atoms with E-state index in [-0.39, 0.29) is 24.0 Å². The van der Waals surface area contributed by atoms with Crippen molar-refractivity contribution >= 4 is 29.9 Å². The van der Waals surface area contributed by atoms with Gasteiger partial charge in [0.25, 0.3) is 0 Å². The summed E-state index contributed by atoms with van der Waals surface area (Å²) in [5.41, 5.74) is 0. The molecule has 0 aromatic rings. The van der Waals surface area contributed by atoms with Crippen LogP contribution >= 0.6 is 24.0 Å². The minimum absolute atomic E-state index is 0. The van der Waals surface area contributed by atoms with Crippen LogP contribution < -0.4 is 5.32 Å². The lowest BCUT2D eigenvalue weighted by Gasteiger charge is -2.32. The Morgan fingerprint density at radius 2 is 1.96 bits per heavy atom. The zero-order valence-electron chi connectivity index (χ0n) is 17.1. The highest BCUT2D eigenvalue weighted by Gasteiger charge is 2.22. The Morgan fingerprint density at radius 3 is 2.42 bits per heavy atom. The minimum Gasteiger partial charge on any atom is -0.381 e. The molecule has 0 aliphatic carbocycles. The number of ether oxygens (including phenoxy) is 1. The van der Waals surface area contributed by atoms with Crippen LogP contribution in [0.5, 0.6) is 0 Å². The molecule has 1 rings (SSSR count). The summed E-state index contributed by atoms with van der Waals surface area (Å²) in [4.78, 5) is 9.58. The maximum absolute atomic E-state index is 5.50. The number of hydrogen-bond acceptors (Lipinski definition) is 3. The predicted molar refractivity (Wildman–Crippen MR) is 124 cm³/mol. The van der Waals surface area contributed by atoms with Gasteiger partial charge in [0.15, 0.2) is 5.96 Å². The normalized spacial score (nSPS) is 18.5. The Morgan fingerprint density at radius 1 is 1.31 bits per heavy atom. The molecule has 6 heteroatoms. The highest BCUT2D eigenvalue weighted by molar-refractivity contribution is 14.0. The Labute approximate surface area is 178 Å². The van der Waals surface area contributed by atoms with E-state index in [0.717, 1.165) is 58.3 Å². The molecule has 2 atom stereocenters. The van der Waals surface area contributed by atoms with Gasteiger partial charge in [0.2, 0.25) is 0 Å². The fourth-order valence-electron chi connectivity index (χ4n) is 3.28. The monoisotopic (exact) mass is 478 g/mol. The van der Waals surface area contributed by atoms with Gasteiger partial charge in [-0.2, -0.15) is 0 Å². The van der Waals surface area contributed by atoms with Crippen molar-refractivity contribution in [2.24, 2.45) is 16.8 Å². The van der Waals surface area contributed by atoms with Gasteiger partial charge >= 0.3 is 0 Å². The number of guanidine groups is 1. The molecule has 2 unspecified atom stereocenters. The number of nitrogens with one attached hydrogen (secondary N) is 1. The van der Waals surface area contributed by atoms with E-state index >= 15 is 0 Å². The summed E-state index contributed by atoms with van der Waals surface area (Å²) in [7, 11) is 2.12. The molecule has 0 bridgehead atoms. The third kappa shape index (κ3) is 8.86. The largest absolute Gasteiger partial charge is 0.381 e. The highest BCUT2D eigenvalue weighted by Crippen LogP contribution is 2.14. The summed E-state index contributed by atoms with van der Waals surface area (Å²) >= 11 is 0. The van der Waals surface area contributed by atoms with Crippen LogP contribution in [-0.4, -0.2) is 74.8 Å². The SMILES string of the molecule is C=CCN(CC=C)C(CN=C(NCC)N(C)CC1CCOC1)C(C)C.I. The van der Waals surface area contributed by atoms with Crippen LogP contribution in [0, 0.1) is 11.8 Å². The van der Waals surface area contributed by atoms with Crippen LogP contribution in [0.1, 0.15) is 27.2 Å². The van der Waals surface area contributed by atoms with Crippen molar-refractivity contribution < 1.29 is 4.74 Å². The first-order valence-corrected chi connectivity index (χ1v) is 9.56. The van der Waals surface area contributed by atoms with Gasteiger partial charge in [-0.25, -0.2) is 0 Å². The van der Waals surface area contributed by atoms with Gasteiger partial charge in [0, 0.05) is 51.8 Å². The Balaban J connectivity index is 0.00000625. The van der Waals surface area contributed by atoms with Crippen molar-refractivity contribution in [2.75, 3.05) is 53.0 Å². The molecule has 0 amide bonds. The summed E-state index contributed by atoms with van der Waals surface area (Å²) in [6.07, 6.45) is 5.06. The molecule has 0 aromatic heterocycles. The second-order valence-electron chi connectivity index (χ2n) is 7.15. The molecule has 152 valence electrons. The molecule has 26 heavy (non-hydrogen) atoms. The second kappa shape index (κ2) is 14.5. The van der Waals surface area contributed by atoms with Crippen molar-refractivity contribution in [1.29, 1.82) is 0 Å². The average Bonchev–Trinajstić information content (AvgIpc) is 3.07. The zero-order valence-corrected chi connectivity index (χ0v) is 19.4.